The average Bonchev–Trinajstić information content (AvgIpc) is 1.41. The smallest absolute Gasteiger partial charge is 0 e. The minimum absolute atomic E-state index is 0. The van der Waals surface area contributed by atoms with E-state index in [1.54, 1.807) is 0 Å². The molecule has 0 heterocycles. The molecule has 0 fully saturated rings. The summed E-state index contributed by atoms with van der Waals surface area (Å²) in [5, 5.41) is 1.50. The Morgan fingerprint density at radius 1 is 1.17 bits per heavy atom. The Balaban J connectivity index is 0. The van der Waals surface area contributed by atoms with E-state index in [0.29, 0.717) is 0 Å². The summed E-state index contributed by atoms with van der Waals surface area (Å²) in [5.41, 5.74) is 0. The summed E-state index contributed by atoms with van der Waals surface area (Å²) in [6, 6.07) is 0. The fourth-order valence-corrected chi connectivity index (χ4v) is 0.0208. The van der Waals surface area contributed by atoms with E-state index in [-0.39, 0.29) is 32.7 Å². The molecule has 1 radical (unpaired) electrons. The van der Waals surface area contributed by atoms with E-state index in [9.17, 15) is 0 Å². The Morgan fingerprint density at radius 3 is 1.50 bits per heavy atom. The van der Waals surface area contributed by atoms with E-state index < -0.39 is 0 Å². The Kier molecular flexibility index (Phi) is 14.3. The van der Waals surface area contributed by atoms with Gasteiger partial charge in [0.05, 0.1) is 0 Å². The van der Waals surface area contributed by atoms with E-state index in [2.05, 4.69) is 0 Å². The van der Waals surface area contributed by atoms with Crippen LogP contribution in [0.4, 0.5) is 0 Å². The van der Waals surface area contributed by atoms with E-state index in [1.165, 1.54) is 5.32 Å². The van der Waals surface area contributed by atoms with E-state index >= 15 is 0 Å². The van der Waals surface area contributed by atoms with Crippen molar-refractivity contribution >= 4 is 12.8 Å². The number of carbonyl (C=O) groups excluding carboxylic acids is 2. The fraction of sp³-hybridized carbons (Fsp3) is 0. The Labute approximate surface area is 60.4 Å². The van der Waals surface area contributed by atoms with Crippen LogP contribution < -0.4 is 5.32 Å². The van der Waals surface area contributed by atoms with Gasteiger partial charge in [0.2, 0.25) is 0 Å². The molecule has 0 aromatic rings. The third kappa shape index (κ3) is 8.87. The maximum absolute atomic E-state index is 8.91. The molecular formula is C2HNO2Y-2. The second-order valence-corrected chi connectivity index (χ2v) is 0.329. The van der Waals surface area contributed by atoms with Crippen LogP contribution in [0.1, 0.15) is 0 Å². The van der Waals surface area contributed by atoms with Crippen LogP contribution in [0.25, 0.3) is 0 Å². The van der Waals surface area contributed by atoms with Crippen molar-refractivity contribution < 1.29 is 42.3 Å². The summed E-state index contributed by atoms with van der Waals surface area (Å²) in [5.74, 6) is 0. The number of rotatable bonds is 2. The minimum Gasteiger partial charge on any atom is -0.649 e. The topological polar surface area (TPSA) is 46.2 Å². The number of imide groups is 1. The van der Waals surface area contributed by atoms with Crippen molar-refractivity contribution in [2.75, 3.05) is 0 Å². The van der Waals surface area contributed by atoms with Gasteiger partial charge in [-0.3, -0.25) is 0 Å². The third-order valence-electron chi connectivity index (χ3n) is 0.102. The van der Waals surface area contributed by atoms with Gasteiger partial charge >= 0.3 is 0 Å². The Morgan fingerprint density at radius 2 is 1.50 bits per heavy atom. The maximum atomic E-state index is 8.91. The molecule has 3 nitrogen and oxygen atoms in total. The molecule has 0 saturated heterocycles. The second kappa shape index (κ2) is 8.98. The first-order chi connectivity index (χ1) is 2.41. The summed E-state index contributed by atoms with van der Waals surface area (Å²) >= 11 is 0. The molecule has 0 aromatic heterocycles. The predicted molar refractivity (Wildman–Crippen MR) is 14.5 cm³/mol. The van der Waals surface area contributed by atoms with Crippen LogP contribution >= 0.6 is 0 Å². The van der Waals surface area contributed by atoms with Gasteiger partial charge in [-0.05, 0) is 0 Å². The molecule has 0 bridgehead atoms. The van der Waals surface area contributed by atoms with E-state index in [4.69, 9.17) is 9.59 Å². The van der Waals surface area contributed by atoms with E-state index in [0.717, 1.165) is 12.8 Å². The van der Waals surface area contributed by atoms with Crippen molar-refractivity contribution in [1.29, 1.82) is 0 Å². The maximum Gasteiger partial charge on any atom is 0 e. The molecule has 4 heteroatoms. The molecule has 31 valence electrons. The largest absolute Gasteiger partial charge is 0.649 e. The van der Waals surface area contributed by atoms with Crippen LogP contribution in [0.15, 0.2) is 0 Å². The molecule has 0 aliphatic carbocycles. The van der Waals surface area contributed by atoms with Crippen LogP contribution in [0, 0.1) is 0 Å². The zero-order chi connectivity index (χ0) is 4.12. The van der Waals surface area contributed by atoms with Crippen LogP contribution in [-0.2, 0) is 42.3 Å². The molecule has 0 rings (SSSR count). The zero-order valence-corrected chi connectivity index (χ0v) is 5.73. The minimum atomic E-state index is 0. The quantitative estimate of drug-likeness (QED) is 0.403. The van der Waals surface area contributed by atoms with Gasteiger partial charge in [-0.25, -0.2) is 0 Å². The van der Waals surface area contributed by atoms with Crippen molar-refractivity contribution in [3.05, 3.63) is 0 Å². The predicted octanol–water partition coefficient (Wildman–Crippen LogP) is -1.29. The molecule has 0 spiro atoms. The molecule has 2 amide bonds. The zero-order valence-electron chi connectivity index (χ0n) is 2.89. The van der Waals surface area contributed by atoms with Crippen molar-refractivity contribution in [2.24, 2.45) is 0 Å². The van der Waals surface area contributed by atoms with Crippen LogP contribution in [-0.4, -0.2) is 12.8 Å². The molecule has 0 atom stereocenters. The molecule has 0 aromatic carbocycles. The van der Waals surface area contributed by atoms with Crippen LogP contribution in [0.5, 0.6) is 0 Å². The summed E-state index contributed by atoms with van der Waals surface area (Å²) in [6.45, 7) is 0. The summed E-state index contributed by atoms with van der Waals surface area (Å²) < 4.78 is 0. The van der Waals surface area contributed by atoms with E-state index in [1.807, 2.05) is 0 Å². The number of hydrogen-bond acceptors (Lipinski definition) is 2. The number of hydrogen-bond donors (Lipinski definition) is 1. The van der Waals surface area contributed by atoms with Crippen molar-refractivity contribution in [3.63, 3.8) is 0 Å². The van der Waals surface area contributed by atoms with Gasteiger partial charge in [0.1, 0.15) is 0 Å². The summed E-state index contributed by atoms with van der Waals surface area (Å²) in [7, 11) is 0. The first kappa shape index (κ1) is 9.53. The monoisotopic (exact) mass is 160 g/mol. The van der Waals surface area contributed by atoms with Gasteiger partial charge in [0.15, 0.2) is 0 Å². The van der Waals surface area contributed by atoms with Gasteiger partial charge in [-0.15, -0.1) is 0 Å². The number of amides is 2. The second-order valence-electron chi connectivity index (χ2n) is 0.329. The van der Waals surface area contributed by atoms with Gasteiger partial charge < -0.3 is 14.9 Å². The molecule has 0 unspecified atom stereocenters. The first-order valence-electron chi connectivity index (χ1n) is 0.908. The normalized spacial score (nSPS) is 4.67. The van der Waals surface area contributed by atoms with Crippen LogP contribution in [0.3, 0.4) is 0 Å². The molecule has 1 N–H and O–H groups in total. The summed E-state index contributed by atoms with van der Waals surface area (Å²) in [4.78, 5) is 17.8. The first-order valence-corrected chi connectivity index (χ1v) is 0.908. The third-order valence-corrected chi connectivity index (χ3v) is 0.102. The van der Waals surface area contributed by atoms with Gasteiger partial charge in [0.25, 0.3) is 0 Å². The molecule has 0 saturated carbocycles. The van der Waals surface area contributed by atoms with Crippen molar-refractivity contribution in [1.82, 2.24) is 5.32 Å². The Hall–Kier alpha value is 0.244. The molecule has 0 aliphatic heterocycles. The van der Waals surface area contributed by atoms with Gasteiger partial charge in [-0.1, -0.05) is 0 Å². The summed E-state index contributed by atoms with van der Waals surface area (Å²) in [6.07, 6.45) is 2.19. The number of nitrogens with one attached hydrogen (secondary N) is 1. The average molecular weight is 160 g/mol. The SMILES string of the molecule is O=[C-]N[C-]=O.[Y]. The van der Waals surface area contributed by atoms with Gasteiger partial charge in [-0.2, -0.15) is 12.8 Å². The molecular weight excluding hydrogens is 159 g/mol. The van der Waals surface area contributed by atoms with Crippen LogP contribution in [0.2, 0.25) is 0 Å². The fourth-order valence-electron chi connectivity index (χ4n) is 0.0208. The van der Waals surface area contributed by atoms with Crippen molar-refractivity contribution in [3.8, 4) is 0 Å². The van der Waals surface area contributed by atoms with Gasteiger partial charge in [0, 0.05) is 32.7 Å². The molecule has 6 heavy (non-hydrogen) atoms. The standard InChI is InChI=1S/C2HNO2.Y/c4-1-3-2-5;/h(H,3,4,5);/q-2;. The molecule has 0 aliphatic rings. The Bertz CT molecular complexity index is 40.8. The van der Waals surface area contributed by atoms with Crippen molar-refractivity contribution in [2.45, 2.75) is 0 Å².